The van der Waals surface area contributed by atoms with Gasteiger partial charge in [0.15, 0.2) is 0 Å². The Morgan fingerprint density at radius 2 is 2.33 bits per heavy atom. The average Bonchev–Trinajstić information content (AvgIpc) is 2.38. The van der Waals surface area contributed by atoms with Crippen molar-refractivity contribution in [2.45, 2.75) is 25.8 Å². The lowest BCUT2D eigenvalue weighted by Gasteiger charge is -2.25. The summed E-state index contributed by atoms with van der Waals surface area (Å²) in [6.07, 6.45) is 3.89. The second-order valence-electron chi connectivity index (χ2n) is 4.32. The maximum absolute atomic E-state index is 13.1. The SMILES string of the molecule is CCNC(C1=COCCC1)c1ccc(F)cc1Br. The van der Waals surface area contributed by atoms with E-state index >= 15 is 0 Å². The number of hydrogen-bond donors (Lipinski definition) is 1. The van der Waals surface area contributed by atoms with Crippen LogP contribution in [0.3, 0.4) is 0 Å². The molecule has 1 N–H and O–H groups in total. The molecular weight excluding hydrogens is 297 g/mol. The quantitative estimate of drug-likeness (QED) is 0.909. The van der Waals surface area contributed by atoms with Gasteiger partial charge in [-0.1, -0.05) is 28.9 Å². The minimum absolute atomic E-state index is 0.0882. The standard InChI is InChI=1S/C14H17BrFNO/c1-2-17-14(10-4-3-7-18-9-10)12-6-5-11(16)8-13(12)15/h5-6,8-9,14,17H,2-4,7H2,1H3. The summed E-state index contributed by atoms with van der Waals surface area (Å²) in [6, 6.07) is 4.91. The molecule has 18 heavy (non-hydrogen) atoms. The van der Waals surface area contributed by atoms with Crippen molar-refractivity contribution in [1.29, 1.82) is 0 Å². The van der Waals surface area contributed by atoms with Gasteiger partial charge in [-0.25, -0.2) is 4.39 Å². The monoisotopic (exact) mass is 313 g/mol. The van der Waals surface area contributed by atoms with Crippen LogP contribution in [0, 0.1) is 5.82 Å². The summed E-state index contributed by atoms with van der Waals surface area (Å²) in [5.74, 6) is -0.227. The summed E-state index contributed by atoms with van der Waals surface area (Å²) in [5, 5.41) is 3.43. The molecule has 0 bridgehead atoms. The molecular formula is C14H17BrFNO. The van der Waals surface area contributed by atoms with Gasteiger partial charge in [-0.3, -0.25) is 0 Å². The smallest absolute Gasteiger partial charge is 0.124 e. The van der Waals surface area contributed by atoms with Gasteiger partial charge in [0.05, 0.1) is 18.9 Å². The number of rotatable bonds is 4. The maximum Gasteiger partial charge on any atom is 0.124 e. The molecule has 2 rings (SSSR count). The second-order valence-corrected chi connectivity index (χ2v) is 5.18. The zero-order valence-electron chi connectivity index (χ0n) is 10.4. The maximum atomic E-state index is 13.1. The third kappa shape index (κ3) is 3.12. The van der Waals surface area contributed by atoms with Gasteiger partial charge in [-0.15, -0.1) is 0 Å². The summed E-state index contributed by atoms with van der Waals surface area (Å²) in [4.78, 5) is 0. The van der Waals surface area contributed by atoms with Crippen LogP contribution in [0.4, 0.5) is 4.39 Å². The molecule has 1 aliphatic rings. The molecule has 1 heterocycles. The van der Waals surface area contributed by atoms with Gasteiger partial charge in [-0.2, -0.15) is 0 Å². The molecule has 4 heteroatoms. The molecule has 2 nitrogen and oxygen atoms in total. The molecule has 1 aromatic rings. The van der Waals surface area contributed by atoms with Gasteiger partial charge in [-0.05, 0) is 42.7 Å². The van der Waals surface area contributed by atoms with Crippen LogP contribution in [0.1, 0.15) is 31.4 Å². The fourth-order valence-corrected chi connectivity index (χ4v) is 2.76. The summed E-state index contributed by atoms with van der Waals surface area (Å²) >= 11 is 3.44. The summed E-state index contributed by atoms with van der Waals surface area (Å²) < 4.78 is 19.3. The van der Waals surface area contributed by atoms with Crippen LogP contribution in [0.5, 0.6) is 0 Å². The largest absolute Gasteiger partial charge is 0.501 e. The van der Waals surface area contributed by atoms with Crippen molar-refractivity contribution >= 4 is 15.9 Å². The predicted octanol–water partition coefficient (Wildman–Crippen LogP) is 3.93. The molecule has 0 aromatic heterocycles. The lowest BCUT2D eigenvalue weighted by molar-refractivity contribution is 0.219. The molecule has 0 spiro atoms. The number of likely N-dealkylation sites (N-methyl/N-ethyl adjacent to an activating group) is 1. The van der Waals surface area contributed by atoms with Crippen LogP contribution < -0.4 is 5.32 Å². The lowest BCUT2D eigenvalue weighted by Crippen LogP contribution is -2.24. The van der Waals surface area contributed by atoms with Gasteiger partial charge < -0.3 is 10.1 Å². The third-order valence-corrected chi connectivity index (χ3v) is 3.70. The Hall–Kier alpha value is -0.870. The minimum Gasteiger partial charge on any atom is -0.501 e. The molecule has 1 unspecified atom stereocenters. The van der Waals surface area contributed by atoms with E-state index in [-0.39, 0.29) is 11.9 Å². The normalized spacial score (nSPS) is 16.9. The first-order valence-electron chi connectivity index (χ1n) is 6.21. The molecule has 0 radical (unpaired) electrons. The zero-order valence-corrected chi connectivity index (χ0v) is 12.0. The van der Waals surface area contributed by atoms with Crippen molar-refractivity contribution < 1.29 is 9.13 Å². The Morgan fingerprint density at radius 1 is 1.50 bits per heavy atom. The molecule has 98 valence electrons. The van der Waals surface area contributed by atoms with Crippen LogP contribution in [-0.2, 0) is 4.74 Å². The van der Waals surface area contributed by atoms with Crippen LogP contribution in [0.15, 0.2) is 34.5 Å². The summed E-state index contributed by atoms with van der Waals surface area (Å²) in [7, 11) is 0. The molecule has 0 saturated heterocycles. The lowest BCUT2D eigenvalue weighted by atomic mass is 9.95. The van der Waals surface area contributed by atoms with Crippen LogP contribution in [-0.4, -0.2) is 13.2 Å². The van der Waals surface area contributed by atoms with E-state index in [9.17, 15) is 4.39 Å². The average molecular weight is 314 g/mol. The van der Waals surface area contributed by atoms with Crippen LogP contribution in [0.2, 0.25) is 0 Å². The number of halogens is 2. The first-order chi connectivity index (χ1) is 8.72. The first-order valence-corrected chi connectivity index (χ1v) is 7.00. The second kappa shape index (κ2) is 6.34. The third-order valence-electron chi connectivity index (χ3n) is 3.01. The highest BCUT2D eigenvalue weighted by Gasteiger charge is 2.20. The zero-order chi connectivity index (χ0) is 13.0. The van der Waals surface area contributed by atoms with Crippen molar-refractivity contribution in [3.8, 4) is 0 Å². The van der Waals surface area contributed by atoms with Gasteiger partial charge in [0, 0.05) is 4.47 Å². The molecule has 0 aliphatic carbocycles. The van der Waals surface area contributed by atoms with Crippen LogP contribution >= 0.6 is 15.9 Å². The van der Waals surface area contributed by atoms with Crippen molar-refractivity contribution in [1.82, 2.24) is 5.32 Å². The van der Waals surface area contributed by atoms with E-state index in [1.54, 1.807) is 0 Å². The van der Waals surface area contributed by atoms with E-state index in [4.69, 9.17) is 4.74 Å². The van der Waals surface area contributed by atoms with E-state index in [0.717, 1.165) is 36.0 Å². The van der Waals surface area contributed by atoms with Gasteiger partial charge in [0.25, 0.3) is 0 Å². The van der Waals surface area contributed by atoms with Crippen molar-refractivity contribution in [3.63, 3.8) is 0 Å². The summed E-state index contributed by atoms with van der Waals surface area (Å²) in [6.45, 7) is 3.70. The van der Waals surface area contributed by atoms with E-state index in [0.29, 0.717) is 0 Å². The molecule has 0 fully saturated rings. The summed E-state index contributed by atoms with van der Waals surface area (Å²) in [5.41, 5.74) is 2.27. The highest BCUT2D eigenvalue weighted by Crippen LogP contribution is 2.32. The van der Waals surface area contributed by atoms with Gasteiger partial charge in [0.1, 0.15) is 5.82 Å². The number of ether oxygens (including phenoxy) is 1. The Labute approximate surface area is 115 Å². The first kappa shape index (κ1) is 13.6. The van der Waals surface area contributed by atoms with E-state index in [1.807, 2.05) is 12.3 Å². The van der Waals surface area contributed by atoms with Crippen molar-refractivity contribution in [3.05, 3.63) is 45.9 Å². The highest BCUT2D eigenvalue weighted by molar-refractivity contribution is 9.10. The highest BCUT2D eigenvalue weighted by atomic mass is 79.9. The molecule has 0 saturated carbocycles. The van der Waals surface area contributed by atoms with Gasteiger partial charge in [0.2, 0.25) is 0 Å². The Morgan fingerprint density at radius 3 is 2.94 bits per heavy atom. The van der Waals surface area contributed by atoms with E-state index in [1.165, 1.54) is 17.7 Å². The number of benzene rings is 1. The molecule has 1 aromatic carbocycles. The van der Waals surface area contributed by atoms with Gasteiger partial charge >= 0.3 is 0 Å². The Kier molecular flexibility index (Phi) is 4.78. The Bertz CT molecular complexity index is 447. The Balaban J connectivity index is 2.31. The fraction of sp³-hybridized carbons (Fsp3) is 0.429. The molecule has 1 atom stereocenters. The number of hydrogen-bond acceptors (Lipinski definition) is 2. The van der Waals surface area contributed by atoms with E-state index in [2.05, 4.69) is 28.2 Å². The molecule has 1 aliphatic heterocycles. The van der Waals surface area contributed by atoms with Crippen molar-refractivity contribution in [2.24, 2.45) is 0 Å². The van der Waals surface area contributed by atoms with Crippen LogP contribution in [0.25, 0.3) is 0 Å². The topological polar surface area (TPSA) is 21.3 Å². The minimum atomic E-state index is -0.227. The fourth-order valence-electron chi connectivity index (χ4n) is 2.18. The molecule has 0 amide bonds. The van der Waals surface area contributed by atoms with E-state index < -0.39 is 0 Å². The van der Waals surface area contributed by atoms with Crippen molar-refractivity contribution in [2.75, 3.05) is 13.2 Å². The number of nitrogens with one attached hydrogen (secondary N) is 1. The predicted molar refractivity (Wildman–Crippen MR) is 73.8 cm³/mol.